The van der Waals surface area contributed by atoms with Crippen LogP contribution in [0.5, 0.6) is 0 Å². The molecule has 8 nitrogen and oxygen atoms in total. The summed E-state index contributed by atoms with van der Waals surface area (Å²) < 4.78 is 10.2. The average molecular weight is 434 g/mol. The van der Waals surface area contributed by atoms with E-state index in [1.165, 1.54) is 12.0 Å². The lowest BCUT2D eigenvalue weighted by atomic mass is 9.85. The van der Waals surface area contributed by atoms with Crippen LogP contribution in [0, 0.1) is 0 Å². The quantitative estimate of drug-likeness (QED) is 0.681. The molecule has 0 bridgehead atoms. The Kier molecular flexibility index (Phi) is 7.92. The van der Waals surface area contributed by atoms with E-state index in [1.807, 2.05) is 69.9 Å². The first-order chi connectivity index (χ1) is 14.7. The molecular formula is C23H35N3O5. The maximum atomic E-state index is 13.4. The first-order valence-electron chi connectivity index (χ1n) is 10.8. The van der Waals surface area contributed by atoms with Gasteiger partial charge in [0.2, 0.25) is 0 Å². The van der Waals surface area contributed by atoms with Gasteiger partial charge in [0.15, 0.2) is 0 Å². The molecule has 2 aliphatic heterocycles. The number of piperidine rings is 1. The average Bonchev–Trinajstić information content (AvgIpc) is 3.01. The molecule has 0 atom stereocenters. The number of nitrogens with zero attached hydrogens (tertiary/aromatic N) is 3. The molecule has 8 heteroatoms. The summed E-state index contributed by atoms with van der Waals surface area (Å²) in [5.74, 6) is -0.551. The fourth-order valence-electron chi connectivity index (χ4n) is 3.93. The van der Waals surface area contributed by atoms with Crippen LogP contribution in [0.3, 0.4) is 0 Å². The molecule has 2 amide bonds. The number of ether oxygens (including phenoxy) is 2. The molecule has 0 N–H and O–H groups in total. The minimum absolute atomic E-state index is 0.0871. The predicted molar refractivity (Wildman–Crippen MR) is 119 cm³/mol. The highest BCUT2D eigenvalue weighted by molar-refractivity contribution is 5.95. The van der Waals surface area contributed by atoms with Crippen molar-refractivity contribution in [1.82, 2.24) is 9.80 Å². The SMILES string of the molecule is CC.COC(=O)CN1CN(c2ccccc2)C2(CCN(C(=O)OC(C)(C)C)CC2)C1=O. The van der Waals surface area contributed by atoms with Gasteiger partial charge in [-0.15, -0.1) is 0 Å². The zero-order valence-corrected chi connectivity index (χ0v) is 19.5. The lowest BCUT2D eigenvalue weighted by Gasteiger charge is -2.43. The van der Waals surface area contributed by atoms with Gasteiger partial charge in [0.05, 0.1) is 13.8 Å². The zero-order valence-electron chi connectivity index (χ0n) is 19.5. The lowest BCUT2D eigenvalue weighted by Crippen LogP contribution is -2.57. The van der Waals surface area contributed by atoms with Gasteiger partial charge in [-0.25, -0.2) is 4.79 Å². The highest BCUT2D eigenvalue weighted by atomic mass is 16.6. The van der Waals surface area contributed by atoms with Gasteiger partial charge in [-0.05, 0) is 45.7 Å². The van der Waals surface area contributed by atoms with E-state index in [4.69, 9.17) is 9.47 Å². The first kappa shape index (κ1) is 24.5. The monoisotopic (exact) mass is 433 g/mol. The number of carbonyl (C=O) groups is 3. The Morgan fingerprint density at radius 1 is 1.06 bits per heavy atom. The Bertz CT molecular complexity index is 767. The van der Waals surface area contributed by atoms with Crippen molar-refractivity contribution in [1.29, 1.82) is 0 Å². The number of hydrogen-bond donors (Lipinski definition) is 0. The van der Waals surface area contributed by atoms with E-state index < -0.39 is 17.1 Å². The van der Waals surface area contributed by atoms with Crippen LogP contribution in [-0.4, -0.2) is 72.3 Å². The van der Waals surface area contributed by atoms with E-state index in [1.54, 1.807) is 4.90 Å². The van der Waals surface area contributed by atoms with Crippen molar-refractivity contribution in [3.63, 3.8) is 0 Å². The number of anilines is 1. The number of likely N-dealkylation sites (tertiary alicyclic amines) is 1. The molecule has 2 heterocycles. The summed E-state index contributed by atoms with van der Waals surface area (Å²) >= 11 is 0. The fraction of sp³-hybridized carbons (Fsp3) is 0.609. The first-order valence-corrected chi connectivity index (χ1v) is 10.8. The number of amides is 2. The highest BCUT2D eigenvalue weighted by Gasteiger charge is 2.54. The molecule has 31 heavy (non-hydrogen) atoms. The van der Waals surface area contributed by atoms with Crippen molar-refractivity contribution < 1.29 is 23.9 Å². The second-order valence-electron chi connectivity index (χ2n) is 8.48. The molecule has 0 aliphatic carbocycles. The summed E-state index contributed by atoms with van der Waals surface area (Å²) in [5.41, 5.74) is -0.435. The molecule has 0 unspecified atom stereocenters. The molecule has 2 aliphatic rings. The fourth-order valence-corrected chi connectivity index (χ4v) is 3.93. The van der Waals surface area contributed by atoms with Crippen LogP contribution >= 0.6 is 0 Å². The number of methoxy groups -OCH3 is 1. The Hall–Kier alpha value is -2.77. The number of rotatable bonds is 3. The van der Waals surface area contributed by atoms with Crippen LogP contribution in [0.25, 0.3) is 0 Å². The maximum absolute atomic E-state index is 13.4. The summed E-state index contributed by atoms with van der Waals surface area (Å²) in [6.45, 7) is 10.5. The summed E-state index contributed by atoms with van der Waals surface area (Å²) in [4.78, 5) is 42.8. The summed E-state index contributed by atoms with van der Waals surface area (Å²) in [6, 6.07) is 9.68. The van der Waals surface area contributed by atoms with E-state index in [2.05, 4.69) is 0 Å². The third kappa shape index (κ3) is 5.48. The Morgan fingerprint density at radius 3 is 2.16 bits per heavy atom. The molecule has 1 aromatic rings. The Morgan fingerprint density at radius 2 is 1.65 bits per heavy atom. The zero-order chi connectivity index (χ0) is 23.2. The molecular weight excluding hydrogens is 398 g/mol. The van der Waals surface area contributed by atoms with Gasteiger partial charge in [-0.3, -0.25) is 9.59 Å². The standard InChI is InChI=1S/C21H29N3O5.C2H6/c1-20(2,3)29-19(27)22-12-10-21(11-13-22)18(26)23(14-17(25)28-4)15-24(21)16-8-6-5-7-9-16;1-2/h5-9H,10-15H2,1-4H3;1-2H3. The molecule has 2 fully saturated rings. The summed E-state index contributed by atoms with van der Waals surface area (Å²) in [5, 5.41) is 0. The van der Waals surface area contributed by atoms with Crippen LogP contribution in [-0.2, 0) is 19.1 Å². The number of benzene rings is 1. The maximum Gasteiger partial charge on any atom is 0.410 e. The van der Waals surface area contributed by atoms with Gasteiger partial charge in [-0.1, -0.05) is 32.0 Å². The predicted octanol–water partition coefficient (Wildman–Crippen LogP) is 3.26. The third-order valence-corrected chi connectivity index (χ3v) is 5.37. The number of para-hydroxylation sites is 1. The van der Waals surface area contributed by atoms with Gasteiger partial charge < -0.3 is 24.2 Å². The highest BCUT2D eigenvalue weighted by Crippen LogP contribution is 2.39. The number of carbonyl (C=O) groups excluding carboxylic acids is 3. The van der Waals surface area contributed by atoms with Crippen LogP contribution in [0.2, 0.25) is 0 Å². The van der Waals surface area contributed by atoms with E-state index >= 15 is 0 Å². The van der Waals surface area contributed by atoms with E-state index in [-0.39, 0.29) is 18.5 Å². The van der Waals surface area contributed by atoms with Crippen LogP contribution < -0.4 is 4.90 Å². The number of esters is 1. The van der Waals surface area contributed by atoms with E-state index in [0.717, 1.165) is 5.69 Å². The molecule has 0 saturated carbocycles. The molecule has 3 rings (SSSR count). The van der Waals surface area contributed by atoms with Crippen LogP contribution in [0.1, 0.15) is 47.5 Å². The van der Waals surface area contributed by atoms with E-state index in [0.29, 0.717) is 32.6 Å². The second kappa shape index (κ2) is 10.0. The lowest BCUT2D eigenvalue weighted by molar-refractivity contribution is -0.146. The molecule has 0 aromatic heterocycles. The van der Waals surface area contributed by atoms with Crippen LogP contribution in [0.15, 0.2) is 30.3 Å². The van der Waals surface area contributed by atoms with Crippen molar-refractivity contribution in [3.8, 4) is 0 Å². The van der Waals surface area contributed by atoms with Crippen molar-refractivity contribution in [2.24, 2.45) is 0 Å². The van der Waals surface area contributed by atoms with Crippen molar-refractivity contribution in [3.05, 3.63) is 30.3 Å². The largest absolute Gasteiger partial charge is 0.468 e. The van der Waals surface area contributed by atoms with Gasteiger partial charge in [0.25, 0.3) is 5.91 Å². The van der Waals surface area contributed by atoms with Crippen molar-refractivity contribution in [2.45, 2.75) is 58.6 Å². The molecule has 1 spiro atoms. The second-order valence-corrected chi connectivity index (χ2v) is 8.48. The van der Waals surface area contributed by atoms with Gasteiger partial charge in [0.1, 0.15) is 17.7 Å². The minimum Gasteiger partial charge on any atom is -0.468 e. The molecule has 0 radical (unpaired) electrons. The molecule has 2 saturated heterocycles. The van der Waals surface area contributed by atoms with Crippen molar-refractivity contribution in [2.75, 3.05) is 38.3 Å². The molecule has 172 valence electrons. The summed E-state index contributed by atoms with van der Waals surface area (Å²) in [6.07, 6.45) is 0.574. The molecule has 1 aromatic carbocycles. The van der Waals surface area contributed by atoms with Crippen molar-refractivity contribution >= 4 is 23.7 Å². The van der Waals surface area contributed by atoms with Crippen LogP contribution in [0.4, 0.5) is 10.5 Å². The third-order valence-electron chi connectivity index (χ3n) is 5.37. The van der Waals surface area contributed by atoms with E-state index in [9.17, 15) is 14.4 Å². The summed E-state index contributed by atoms with van der Waals surface area (Å²) in [7, 11) is 1.31. The number of hydrogen-bond acceptors (Lipinski definition) is 6. The Labute approximate surface area is 185 Å². The topological polar surface area (TPSA) is 79.4 Å². The van der Waals surface area contributed by atoms with Gasteiger partial charge >= 0.3 is 12.1 Å². The van der Waals surface area contributed by atoms with Gasteiger partial charge in [0, 0.05) is 18.8 Å². The minimum atomic E-state index is -0.784. The Balaban J connectivity index is 0.00000166. The van der Waals surface area contributed by atoms with Gasteiger partial charge in [-0.2, -0.15) is 0 Å². The smallest absolute Gasteiger partial charge is 0.410 e. The normalized spacial score (nSPS) is 17.9.